The number of nitrogens with two attached hydrogens (primary N) is 1. The van der Waals surface area contributed by atoms with E-state index >= 15 is 0 Å². The van der Waals surface area contributed by atoms with Crippen molar-refractivity contribution in [3.63, 3.8) is 0 Å². The van der Waals surface area contributed by atoms with Crippen molar-refractivity contribution in [2.45, 2.75) is 19.4 Å². The summed E-state index contributed by atoms with van der Waals surface area (Å²) in [5.41, 5.74) is 10.7. The van der Waals surface area contributed by atoms with Crippen LogP contribution in [0.15, 0.2) is 54.4 Å². The number of fused-ring (bicyclic) bond motifs is 1. The van der Waals surface area contributed by atoms with Crippen molar-refractivity contribution in [2.24, 2.45) is 5.73 Å². The first-order valence-electron chi connectivity index (χ1n) is 7.01. The van der Waals surface area contributed by atoms with E-state index in [-0.39, 0.29) is 22.9 Å². The molecule has 1 unspecified atom stereocenters. The van der Waals surface area contributed by atoms with E-state index in [4.69, 9.17) is 11.0 Å². The summed E-state index contributed by atoms with van der Waals surface area (Å²) in [7, 11) is 0. The number of nitriles is 1. The molecule has 1 aliphatic heterocycles. The van der Waals surface area contributed by atoms with Gasteiger partial charge in [-0.05, 0) is 41.8 Å². The van der Waals surface area contributed by atoms with E-state index in [1.807, 2.05) is 49.4 Å². The van der Waals surface area contributed by atoms with Crippen molar-refractivity contribution < 1.29 is 0 Å². The second-order valence-electron chi connectivity index (χ2n) is 5.30. The fourth-order valence-electron chi connectivity index (χ4n) is 2.58. The number of halogens is 1. The quantitative estimate of drug-likeness (QED) is 0.879. The highest BCUT2D eigenvalue weighted by Crippen LogP contribution is 2.28. The van der Waals surface area contributed by atoms with Gasteiger partial charge in [-0.1, -0.05) is 36.4 Å². The van der Waals surface area contributed by atoms with Crippen molar-refractivity contribution in [1.29, 1.82) is 5.26 Å². The lowest BCUT2D eigenvalue weighted by molar-refractivity contribution is 0.885. The smallest absolute Gasteiger partial charge is 0.104 e. The Hall–Kier alpha value is -2.25. The molecular weight excluding hydrogens is 338 g/mol. The first-order chi connectivity index (χ1) is 10.2. The zero-order valence-electron chi connectivity index (χ0n) is 12.4. The standard InChI is InChI=1S/C18H17N3.BrH/c1-13(11-19)14-6-8-17(9-7-14)21-12-16-5-3-2-4-15(16)10-18(21)20;/h2-10,13H,12,20H2,1H3;1H. The fraction of sp³-hybridized carbons (Fsp3) is 0.167. The van der Waals surface area contributed by atoms with Crippen LogP contribution in [0.4, 0.5) is 5.69 Å². The monoisotopic (exact) mass is 355 g/mol. The average Bonchev–Trinajstić information content (AvgIpc) is 2.53. The average molecular weight is 356 g/mol. The summed E-state index contributed by atoms with van der Waals surface area (Å²) in [4.78, 5) is 2.09. The van der Waals surface area contributed by atoms with Gasteiger partial charge in [-0.25, -0.2) is 0 Å². The Morgan fingerprint density at radius 3 is 2.50 bits per heavy atom. The molecule has 1 aliphatic rings. The third-order valence-electron chi connectivity index (χ3n) is 3.90. The predicted octanol–water partition coefficient (Wildman–Crippen LogP) is 4.17. The minimum Gasteiger partial charge on any atom is -0.385 e. The molecule has 1 heterocycles. The van der Waals surface area contributed by atoms with Gasteiger partial charge in [-0.2, -0.15) is 5.26 Å². The van der Waals surface area contributed by atoms with Gasteiger partial charge in [-0.15, -0.1) is 17.0 Å². The third-order valence-corrected chi connectivity index (χ3v) is 3.90. The van der Waals surface area contributed by atoms with Gasteiger partial charge in [0.15, 0.2) is 0 Å². The van der Waals surface area contributed by atoms with Crippen LogP contribution in [0.2, 0.25) is 0 Å². The van der Waals surface area contributed by atoms with Gasteiger partial charge in [-0.3, -0.25) is 0 Å². The van der Waals surface area contributed by atoms with Crippen LogP contribution in [0.1, 0.15) is 29.5 Å². The topological polar surface area (TPSA) is 53.0 Å². The maximum atomic E-state index is 8.97. The summed E-state index contributed by atoms with van der Waals surface area (Å²) in [5, 5.41) is 8.97. The van der Waals surface area contributed by atoms with Crippen molar-refractivity contribution in [3.8, 4) is 6.07 Å². The zero-order valence-corrected chi connectivity index (χ0v) is 14.1. The second kappa shape index (κ2) is 6.67. The normalized spacial score (nSPS) is 14.2. The van der Waals surface area contributed by atoms with Crippen molar-refractivity contribution >= 4 is 28.7 Å². The molecule has 2 aromatic rings. The Labute approximate surface area is 141 Å². The SMILES string of the molecule is Br.CC(C#N)c1ccc(N2Cc3ccccc3C=C2N)cc1. The van der Waals surface area contributed by atoms with E-state index in [0.717, 1.165) is 23.6 Å². The molecule has 1 atom stereocenters. The van der Waals surface area contributed by atoms with Gasteiger partial charge in [0.25, 0.3) is 0 Å². The molecule has 0 spiro atoms. The Balaban J connectivity index is 0.00000176. The maximum absolute atomic E-state index is 8.97. The van der Waals surface area contributed by atoms with E-state index in [1.165, 1.54) is 11.1 Å². The van der Waals surface area contributed by atoms with Gasteiger partial charge in [0, 0.05) is 5.69 Å². The fourth-order valence-corrected chi connectivity index (χ4v) is 2.58. The lowest BCUT2D eigenvalue weighted by atomic mass is 10.0. The van der Waals surface area contributed by atoms with Crippen LogP contribution >= 0.6 is 17.0 Å². The van der Waals surface area contributed by atoms with E-state index in [0.29, 0.717) is 0 Å². The predicted molar refractivity (Wildman–Crippen MR) is 95.6 cm³/mol. The minimum absolute atomic E-state index is 0. The number of nitrogens with zero attached hydrogens (tertiary/aromatic N) is 2. The van der Waals surface area contributed by atoms with Gasteiger partial charge >= 0.3 is 0 Å². The molecule has 2 aromatic carbocycles. The van der Waals surface area contributed by atoms with Crippen LogP contribution in [0.3, 0.4) is 0 Å². The summed E-state index contributed by atoms with van der Waals surface area (Å²) in [6, 6.07) is 18.6. The largest absolute Gasteiger partial charge is 0.385 e. The first-order valence-corrected chi connectivity index (χ1v) is 7.01. The summed E-state index contributed by atoms with van der Waals surface area (Å²) in [6.45, 7) is 2.67. The van der Waals surface area contributed by atoms with Crippen molar-refractivity contribution in [1.82, 2.24) is 0 Å². The molecule has 0 aliphatic carbocycles. The highest BCUT2D eigenvalue weighted by Gasteiger charge is 2.17. The molecule has 0 saturated heterocycles. The first kappa shape index (κ1) is 16.1. The number of rotatable bonds is 2. The summed E-state index contributed by atoms with van der Waals surface area (Å²) >= 11 is 0. The molecule has 22 heavy (non-hydrogen) atoms. The number of hydrogen-bond acceptors (Lipinski definition) is 3. The molecule has 3 nitrogen and oxygen atoms in total. The van der Waals surface area contributed by atoms with Gasteiger partial charge in [0.2, 0.25) is 0 Å². The summed E-state index contributed by atoms with van der Waals surface area (Å²) in [6.07, 6.45) is 2.00. The molecule has 0 saturated carbocycles. The third kappa shape index (κ3) is 3.00. The molecule has 0 bridgehead atoms. The van der Waals surface area contributed by atoms with E-state index in [1.54, 1.807) is 0 Å². The van der Waals surface area contributed by atoms with Gasteiger partial charge < -0.3 is 10.6 Å². The minimum atomic E-state index is -0.0889. The molecule has 0 radical (unpaired) electrons. The Kier molecular flexibility index (Phi) is 4.89. The molecule has 4 heteroatoms. The zero-order chi connectivity index (χ0) is 14.8. The Morgan fingerprint density at radius 2 is 1.82 bits per heavy atom. The van der Waals surface area contributed by atoms with Crippen LogP contribution < -0.4 is 10.6 Å². The molecule has 0 fully saturated rings. The summed E-state index contributed by atoms with van der Waals surface area (Å²) < 4.78 is 0. The Morgan fingerprint density at radius 1 is 1.14 bits per heavy atom. The number of benzene rings is 2. The summed E-state index contributed by atoms with van der Waals surface area (Å²) in [5.74, 6) is 0.656. The van der Waals surface area contributed by atoms with Crippen LogP contribution in [0.25, 0.3) is 6.08 Å². The van der Waals surface area contributed by atoms with E-state index in [9.17, 15) is 0 Å². The van der Waals surface area contributed by atoms with Crippen LogP contribution in [0, 0.1) is 11.3 Å². The molecule has 112 valence electrons. The van der Waals surface area contributed by atoms with Crippen molar-refractivity contribution in [3.05, 3.63) is 71.0 Å². The van der Waals surface area contributed by atoms with E-state index < -0.39 is 0 Å². The maximum Gasteiger partial charge on any atom is 0.104 e. The van der Waals surface area contributed by atoms with Gasteiger partial charge in [0.05, 0.1) is 18.5 Å². The second-order valence-corrected chi connectivity index (χ2v) is 5.30. The van der Waals surface area contributed by atoms with Crippen molar-refractivity contribution in [2.75, 3.05) is 4.90 Å². The van der Waals surface area contributed by atoms with Crippen LogP contribution in [0.5, 0.6) is 0 Å². The molecule has 3 rings (SSSR count). The number of hydrogen-bond donors (Lipinski definition) is 1. The molecule has 2 N–H and O–H groups in total. The van der Waals surface area contributed by atoms with Gasteiger partial charge in [0.1, 0.15) is 5.82 Å². The molecule has 0 aromatic heterocycles. The van der Waals surface area contributed by atoms with E-state index in [2.05, 4.69) is 23.1 Å². The van der Waals surface area contributed by atoms with Crippen LogP contribution in [-0.2, 0) is 6.54 Å². The lowest BCUT2D eigenvalue weighted by Gasteiger charge is -2.29. The highest BCUT2D eigenvalue weighted by atomic mass is 79.9. The number of anilines is 1. The molecular formula is C18H18BrN3. The molecule has 0 amide bonds. The van der Waals surface area contributed by atoms with Crippen LogP contribution in [-0.4, -0.2) is 0 Å². The Bertz CT molecular complexity index is 729. The highest BCUT2D eigenvalue weighted by molar-refractivity contribution is 8.93. The lowest BCUT2D eigenvalue weighted by Crippen LogP contribution is -2.29.